The second kappa shape index (κ2) is 9.85. The molecule has 5 aromatic carbocycles. The van der Waals surface area contributed by atoms with Crippen LogP contribution in [0.1, 0.15) is 16.7 Å². The number of nitrogens with zero attached hydrogens (tertiary/aromatic N) is 1. The zero-order chi connectivity index (χ0) is 24.3. The minimum absolute atomic E-state index is 0.876. The van der Waals surface area contributed by atoms with Crippen LogP contribution in [0, 0.1) is 0 Å². The number of anilines is 2. The van der Waals surface area contributed by atoms with Crippen molar-refractivity contribution in [2.45, 2.75) is 6.42 Å². The Kier molecular flexibility index (Phi) is 6.11. The summed E-state index contributed by atoms with van der Waals surface area (Å²) in [5, 5.41) is 2.70. The van der Waals surface area contributed by atoms with E-state index in [0.717, 1.165) is 6.42 Å². The standard InChI is InChI=1S/C34H27NS/c1-35(29-17-9-4-10-18-29)30-20-21-32-31(24-30)34-27(16-11-19-33(34)36-32)23-28(26-14-7-3-8-15-26)22-25-12-5-2-6-13-25/h2-22,24H,23H2,1H3/b28-22-. The Morgan fingerprint density at radius 3 is 2.11 bits per heavy atom. The van der Waals surface area contributed by atoms with Crippen LogP contribution >= 0.6 is 11.3 Å². The Bertz CT molecular complexity index is 1650. The Hall–Kier alpha value is -4.14. The van der Waals surface area contributed by atoms with Crippen LogP contribution < -0.4 is 4.90 Å². The van der Waals surface area contributed by atoms with E-state index in [9.17, 15) is 0 Å². The van der Waals surface area contributed by atoms with Crippen LogP contribution in [0.15, 0.2) is 127 Å². The van der Waals surface area contributed by atoms with Gasteiger partial charge in [0.25, 0.3) is 0 Å². The van der Waals surface area contributed by atoms with E-state index in [-0.39, 0.29) is 0 Å². The van der Waals surface area contributed by atoms with Crippen molar-refractivity contribution >= 4 is 54.5 Å². The van der Waals surface area contributed by atoms with Crippen molar-refractivity contribution in [3.05, 3.63) is 144 Å². The zero-order valence-corrected chi connectivity index (χ0v) is 21.1. The van der Waals surface area contributed by atoms with Gasteiger partial charge in [0.1, 0.15) is 0 Å². The fourth-order valence-electron chi connectivity index (χ4n) is 4.89. The second-order valence-electron chi connectivity index (χ2n) is 9.09. The molecular formula is C34H27NS. The van der Waals surface area contributed by atoms with E-state index < -0.39 is 0 Å². The Morgan fingerprint density at radius 2 is 1.36 bits per heavy atom. The van der Waals surface area contributed by atoms with Gasteiger partial charge in [-0.05, 0) is 65.1 Å². The summed E-state index contributed by atoms with van der Waals surface area (Å²) in [6.45, 7) is 0. The van der Waals surface area contributed by atoms with Crippen LogP contribution in [-0.2, 0) is 6.42 Å². The van der Waals surface area contributed by atoms with Gasteiger partial charge in [0.2, 0.25) is 0 Å². The molecule has 1 aromatic heterocycles. The van der Waals surface area contributed by atoms with Crippen molar-refractivity contribution in [1.29, 1.82) is 0 Å². The summed E-state index contributed by atoms with van der Waals surface area (Å²) in [6, 6.07) is 45.6. The molecule has 0 aliphatic carbocycles. The van der Waals surface area contributed by atoms with Crippen molar-refractivity contribution in [3.63, 3.8) is 0 Å². The maximum atomic E-state index is 2.35. The molecule has 0 amide bonds. The van der Waals surface area contributed by atoms with Crippen LogP contribution in [0.3, 0.4) is 0 Å². The number of rotatable bonds is 6. The first-order chi connectivity index (χ1) is 17.8. The molecule has 2 heteroatoms. The predicted octanol–water partition coefficient (Wildman–Crippen LogP) is 9.61. The topological polar surface area (TPSA) is 3.24 Å². The van der Waals surface area contributed by atoms with Gasteiger partial charge in [-0.25, -0.2) is 0 Å². The van der Waals surface area contributed by atoms with Crippen LogP contribution in [-0.4, -0.2) is 7.05 Å². The minimum Gasteiger partial charge on any atom is -0.345 e. The number of thiophene rings is 1. The van der Waals surface area contributed by atoms with Gasteiger partial charge in [-0.15, -0.1) is 11.3 Å². The highest BCUT2D eigenvalue weighted by Crippen LogP contribution is 2.40. The molecular weight excluding hydrogens is 454 g/mol. The molecule has 6 aromatic rings. The molecule has 0 atom stereocenters. The zero-order valence-electron chi connectivity index (χ0n) is 20.3. The molecule has 174 valence electrons. The van der Waals surface area contributed by atoms with Crippen molar-refractivity contribution in [2.24, 2.45) is 0 Å². The van der Waals surface area contributed by atoms with Crippen LogP contribution in [0.25, 0.3) is 31.8 Å². The Labute approximate surface area is 216 Å². The third-order valence-corrected chi connectivity index (χ3v) is 7.90. The van der Waals surface area contributed by atoms with Crippen molar-refractivity contribution in [3.8, 4) is 0 Å². The molecule has 0 aliphatic rings. The quantitative estimate of drug-likeness (QED) is 0.214. The number of allylic oxidation sites excluding steroid dienone is 1. The second-order valence-corrected chi connectivity index (χ2v) is 10.2. The smallest absolute Gasteiger partial charge is 0.0415 e. The van der Waals surface area contributed by atoms with Crippen LogP contribution in [0.4, 0.5) is 11.4 Å². The number of hydrogen-bond donors (Lipinski definition) is 0. The van der Waals surface area contributed by atoms with Gasteiger partial charge in [0.05, 0.1) is 0 Å². The van der Waals surface area contributed by atoms with Gasteiger partial charge in [-0.3, -0.25) is 0 Å². The maximum absolute atomic E-state index is 2.35. The van der Waals surface area contributed by atoms with Gasteiger partial charge >= 0.3 is 0 Å². The van der Waals surface area contributed by atoms with Gasteiger partial charge in [-0.1, -0.05) is 97.1 Å². The lowest BCUT2D eigenvalue weighted by atomic mass is 9.93. The summed E-state index contributed by atoms with van der Waals surface area (Å²) >= 11 is 1.88. The average molecular weight is 482 g/mol. The van der Waals surface area contributed by atoms with E-state index in [2.05, 4.69) is 145 Å². The molecule has 0 saturated carbocycles. The highest BCUT2D eigenvalue weighted by Gasteiger charge is 2.14. The minimum atomic E-state index is 0.876. The summed E-state index contributed by atoms with van der Waals surface area (Å²) in [5.74, 6) is 0. The first kappa shape index (κ1) is 22.3. The first-order valence-electron chi connectivity index (χ1n) is 12.3. The van der Waals surface area contributed by atoms with Crippen LogP contribution in [0.2, 0.25) is 0 Å². The first-order valence-corrected chi connectivity index (χ1v) is 13.1. The maximum Gasteiger partial charge on any atom is 0.0415 e. The number of para-hydroxylation sites is 1. The van der Waals surface area contributed by atoms with Crippen molar-refractivity contribution in [2.75, 3.05) is 11.9 Å². The van der Waals surface area contributed by atoms with Gasteiger partial charge in [-0.2, -0.15) is 0 Å². The molecule has 6 rings (SSSR count). The normalized spacial score (nSPS) is 11.8. The molecule has 1 heterocycles. The fraction of sp³-hybridized carbons (Fsp3) is 0.0588. The highest BCUT2D eigenvalue weighted by atomic mass is 32.1. The van der Waals surface area contributed by atoms with Crippen LogP contribution in [0.5, 0.6) is 0 Å². The summed E-state index contributed by atoms with van der Waals surface area (Å²) in [4.78, 5) is 2.26. The molecule has 0 aliphatic heterocycles. The highest BCUT2D eigenvalue weighted by molar-refractivity contribution is 7.25. The molecule has 0 unspecified atom stereocenters. The van der Waals surface area contributed by atoms with Crippen molar-refractivity contribution < 1.29 is 0 Å². The Balaban J connectivity index is 1.47. The fourth-order valence-corrected chi connectivity index (χ4v) is 6.02. The number of hydrogen-bond acceptors (Lipinski definition) is 2. The molecule has 0 bridgehead atoms. The van der Waals surface area contributed by atoms with E-state index in [1.807, 2.05) is 11.3 Å². The molecule has 0 N–H and O–H groups in total. The average Bonchev–Trinajstić information content (AvgIpc) is 3.32. The summed E-state index contributed by atoms with van der Waals surface area (Å²) < 4.78 is 2.67. The summed E-state index contributed by atoms with van der Waals surface area (Å²) in [5.41, 5.74) is 7.57. The molecule has 0 saturated heterocycles. The van der Waals surface area contributed by atoms with E-state index in [4.69, 9.17) is 0 Å². The van der Waals surface area contributed by atoms with E-state index in [1.165, 1.54) is 53.8 Å². The van der Waals surface area contributed by atoms with Gasteiger partial charge < -0.3 is 4.90 Å². The number of benzene rings is 5. The van der Waals surface area contributed by atoms with E-state index >= 15 is 0 Å². The van der Waals surface area contributed by atoms with Crippen molar-refractivity contribution in [1.82, 2.24) is 0 Å². The lowest BCUT2D eigenvalue weighted by Crippen LogP contribution is -2.08. The molecule has 1 nitrogen and oxygen atoms in total. The van der Waals surface area contributed by atoms with Gasteiger partial charge in [0.15, 0.2) is 0 Å². The monoisotopic (exact) mass is 481 g/mol. The lowest BCUT2D eigenvalue weighted by molar-refractivity contribution is 1.21. The molecule has 36 heavy (non-hydrogen) atoms. The third kappa shape index (κ3) is 4.44. The third-order valence-electron chi connectivity index (χ3n) is 6.76. The SMILES string of the molecule is CN(c1ccccc1)c1ccc2sc3cccc(C/C(=C/c4ccccc4)c4ccccc4)c3c2c1. The van der Waals surface area contributed by atoms with Gasteiger partial charge in [0, 0.05) is 38.6 Å². The summed E-state index contributed by atoms with van der Waals surface area (Å²) in [7, 11) is 2.14. The van der Waals surface area contributed by atoms with E-state index in [0.29, 0.717) is 0 Å². The largest absolute Gasteiger partial charge is 0.345 e. The lowest BCUT2D eigenvalue weighted by Gasteiger charge is -2.19. The molecule has 0 spiro atoms. The Morgan fingerprint density at radius 1 is 0.667 bits per heavy atom. The number of fused-ring (bicyclic) bond motifs is 3. The van der Waals surface area contributed by atoms with E-state index in [1.54, 1.807) is 0 Å². The summed E-state index contributed by atoms with van der Waals surface area (Å²) in [6.07, 6.45) is 3.21. The predicted molar refractivity (Wildman–Crippen MR) is 158 cm³/mol. The molecule has 0 radical (unpaired) electrons. The molecule has 0 fully saturated rings.